The molecule has 1 unspecified atom stereocenters. The standard InChI is InChI=1S/C15H11Cl2NO4/c16-11-7-6-9(8-12(11)17)13(19)18-14(15(20)21)22-10-4-2-1-3-5-10/h1-8,14H,(H,18,19)(H,20,21). The third kappa shape index (κ3) is 4.13. The summed E-state index contributed by atoms with van der Waals surface area (Å²) in [5, 5.41) is 11.9. The van der Waals surface area contributed by atoms with Gasteiger partial charge in [-0.3, -0.25) is 4.79 Å². The van der Waals surface area contributed by atoms with E-state index in [1.807, 2.05) is 0 Å². The van der Waals surface area contributed by atoms with E-state index in [1.54, 1.807) is 30.3 Å². The van der Waals surface area contributed by atoms with Crippen LogP contribution in [-0.2, 0) is 4.79 Å². The Morgan fingerprint density at radius 1 is 1.05 bits per heavy atom. The Labute approximate surface area is 136 Å². The van der Waals surface area contributed by atoms with Gasteiger partial charge in [-0.25, -0.2) is 4.79 Å². The van der Waals surface area contributed by atoms with Gasteiger partial charge in [-0.05, 0) is 30.3 Å². The summed E-state index contributed by atoms with van der Waals surface area (Å²) in [6, 6.07) is 12.5. The molecule has 7 heteroatoms. The zero-order chi connectivity index (χ0) is 16.1. The fraction of sp³-hybridized carbons (Fsp3) is 0.0667. The summed E-state index contributed by atoms with van der Waals surface area (Å²) in [6.45, 7) is 0. The Balaban J connectivity index is 2.12. The SMILES string of the molecule is O=C(NC(Oc1ccccc1)C(=O)O)c1ccc(Cl)c(Cl)c1. The largest absolute Gasteiger partial charge is 0.477 e. The first-order chi connectivity index (χ1) is 10.5. The number of hydrogen-bond acceptors (Lipinski definition) is 3. The van der Waals surface area contributed by atoms with Gasteiger partial charge in [-0.2, -0.15) is 0 Å². The molecule has 0 aromatic heterocycles. The Morgan fingerprint density at radius 3 is 2.32 bits per heavy atom. The van der Waals surface area contributed by atoms with Crippen molar-refractivity contribution in [3.8, 4) is 5.75 Å². The van der Waals surface area contributed by atoms with Crippen molar-refractivity contribution in [1.29, 1.82) is 0 Å². The minimum Gasteiger partial charge on any atom is -0.477 e. The average molecular weight is 340 g/mol. The van der Waals surface area contributed by atoms with E-state index in [0.717, 1.165) is 0 Å². The van der Waals surface area contributed by atoms with Crippen molar-refractivity contribution in [3.63, 3.8) is 0 Å². The minimum atomic E-state index is -1.52. The van der Waals surface area contributed by atoms with Crippen molar-refractivity contribution < 1.29 is 19.4 Å². The average Bonchev–Trinajstić information content (AvgIpc) is 2.50. The monoisotopic (exact) mass is 339 g/mol. The minimum absolute atomic E-state index is 0.178. The van der Waals surface area contributed by atoms with E-state index in [9.17, 15) is 9.59 Å². The first-order valence-electron chi connectivity index (χ1n) is 6.18. The predicted octanol–water partition coefficient (Wildman–Crippen LogP) is 3.21. The maximum atomic E-state index is 12.1. The normalized spacial score (nSPS) is 11.5. The van der Waals surface area contributed by atoms with E-state index in [1.165, 1.54) is 18.2 Å². The smallest absolute Gasteiger partial charge is 0.366 e. The molecule has 0 saturated carbocycles. The molecule has 0 aliphatic heterocycles. The lowest BCUT2D eigenvalue weighted by atomic mass is 10.2. The fourth-order valence-corrected chi connectivity index (χ4v) is 1.91. The molecule has 0 heterocycles. The van der Waals surface area contributed by atoms with Crippen LogP contribution in [-0.4, -0.2) is 23.2 Å². The molecule has 0 fully saturated rings. The molecule has 0 aliphatic rings. The Morgan fingerprint density at radius 2 is 1.73 bits per heavy atom. The number of halogens is 2. The molecule has 114 valence electrons. The van der Waals surface area contributed by atoms with Gasteiger partial charge >= 0.3 is 5.97 Å². The predicted molar refractivity (Wildman–Crippen MR) is 82.4 cm³/mol. The highest BCUT2D eigenvalue weighted by Gasteiger charge is 2.22. The number of carbonyl (C=O) groups excluding carboxylic acids is 1. The van der Waals surface area contributed by atoms with Crippen LogP contribution in [0.4, 0.5) is 0 Å². The van der Waals surface area contributed by atoms with Crippen LogP contribution in [0.5, 0.6) is 5.75 Å². The number of ether oxygens (including phenoxy) is 1. The van der Waals surface area contributed by atoms with Crippen LogP contribution in [0.1, 0.15) is 10.4 Å². The highest BCUT2D eigenvalue weighted by atomic mass is 35.5. The zero-order valence-electron chi connectivity index (χ0n) is 11.1. The van der Waals surface area contributed by atoms with E-state index < -0.39 is 18.1 Å². The van der Waals surface area contributed by atoms with E-state index in [0.29, 0.717) is 10.8 Å². The molecule has 2 aromatic rings. The highest BCUT2D eigenvalue weighted by Crippen LogP contribution is 2.22. The highest BCUT2D eigenvalue weighted by molar-refractivity contribution is 6.42. The number of carboxylic acids is 1. The van der Waals surface area contributed by atoms with Crippen LogP contribution in [0, 0.1) is 0 Å². The first-order valence-corrected chi connectivity index (χ1v) is 6.93. The van der Waals surface area contributed by atoms with Crippen LogP contribution in [0.25, 0.3) is 0 Å². The van der Waals surface area contributed by atoms with Crippen molar-refractivity contribution in [3.05, 3.63) is 64.1 Å². The van der Waals surface area contributed by atoms with Crippen molar-refractivity contribution in [2.75, 3.05) is 0 Å². The molecule has 0 spiro atoms. The van der Waals surface area contributed by atoms with Gasteiger partial charge in [0.25, 0.3) is 12.1 Å². The molecule has 0 bridgehead atoms. The number of aliphatic carboxylic acids is 1. The van der Waals surface area contributed by atoms with Gasteiger partial charge in [0.1, 0.15) is 5.75 Å². The lowest BCUT2D eigenvalue weighted by molar-refractivity contribution is -0.146. The van der Waals surface area contributed by atoms with Crippen LogP contribution in [0.2, 0.25) is 10.0 Å². The fourth-order valence-electron chi connectivity index (χ4n) is 1.62. The molecule has 2 rings (SSSR count). The summed E-state index contributed by atoms with van der Waals surface area (Å²) < 4.78 is 5.23. The number of hydrogen-bond donors (Lipinski definition) is 2. The van der Waals surface area contributed by atoms with Gasteiger partial charge in [0, 0.05) is 5.56 Å². The lowest BCUT2D eigenvalue weighted by Gasteiger charge is -2.16. The van der Waals surface area contributed by atoms with Crippen molar-refractivity contribution in [2.45, 2.75) is 6.23 Å². The van der Waals surface area contributed by atoms with Crippen molar-refractivity contribution >= 4 is 35.1 Å². The summed E-state index contributed by atoms with van der Waals surface area (Å²) in [5.41, 5.74) is 0.178. The number of benzene rings is 2. The van der Waals surface area contributed by atoms with Crippen molar-refractivity contribution in [2.24, 2.45) is 0 Å². The summed E-state index contributed by atoms with van der Waals surface area (Å²) >= 11 is 11.6. The van der Waals surface area contributed by atoms with Gasteiger partial charge in [0.05, 0.1) is 10.0 Å². The molecule has 2 aromatic carbocycles. The second-order valence-corrected chi connectivity index (χ2v) is 5.07. The van der Waals surface area contributed by atoms with Crippen LogP contribution in [0.15, 0.2) is 48.5 Å². The number of nitrogens with one attached hydrogen (secondary N) is 1. The quantitative estimate of drug-likeness (QED) is 0.820. The Hall–Kier alpha value is -2.24. The first kappa shape index (κ1) is 16.1. The number of amides is 1. The van der Waals surface area contributed by atoms with E-state index in [4.69, 9.17) is 33.0 Å². The molecule has 0 aliphatic carbocycles. The molecule has 1 amide bonds. The van der Waals surface area contributed by atoms with Crippen LogP contribution < -0.4 is 10.1 Å². The maximum Gasteiger partial charge on any atom is 0.366 e. The number of rotatable bonds is 5. The summed E-state index contributed by atoms with van der Waals surface area (Å²) in [4.78, 5) is 23.3. The van der Waals surface area contributed by atoms with Gasteiger partial charge in [0.15, 0.2) is 0 Å². The van der Waals surface area contributed by atoms with E-state index >= 15 is 0 Å². The molecule has 1 atom stereocenters. The van der Waals surface area contributed by atoms with Crippen LogP contribution in [0.3, 0.4) is 0 Å². The Bertz CT molecular complexity index is 691. The molecule has 22 heavy (non-hydrogen) atoms. The summed E-state index contributed by atoms with van der Waals surface area (Å²) in [6.07, 6.45) is -1.52. The second-order valence-electron chi connectivity index (χ2n) is 4.25. The van der Waals surface area contributed by atoms with Gasteiger partial charge in [-0.15, -0.1) is 0 Å². The summed E-state index contributed by atoms with van der Waals surface area (Å²) in [5.74, 6) is -1.64. The van der Waals surface area contributed by atoms with Crippen molar-refractivity contribution in [1.82, 2.24) is 5.32 Å². The number of para-hydroxylation sites is 1. The van der Waals surface area contributed by atoms with E-state index in [-0.39, 0.29) is 10.6 Å². The summed E-state index contributed by atoms with van der Waals surface area (Å²) in [7, 11) is 0. The van der Waals surface area contributed by atoms with Crippen LogP contribution >= 0.6 is 23.2 Å². The zero-order valence-corrected chi connectivity index (χ0v) is 12.6. The molecule has 2 N–H and O–H groups in total. The molecular formula is C15H11Cl2NO4. The molecule has 0 radical (unpaired) electrons. The van der Waals surface area contributed by atoms with Gasteiger partial charge < -0.3 is 15.2 Å². The topological polar surface area (TPSA) is 75.6 Å². The number of carboxylic acid groups (broad SMARTS) is 1. The van der Waals surface area contributed by atoms with Gasteiger partial charge in [0.2, 0.25) is 0 Å². The third-order valence-electron chi connectivity index (χ3n) is 2.67. The number of carbonyl (C=O) groups is 2. The van der Waals surface area contributed by atoms with E-state index in [2.05, 4.69) is 5.32 Å². The third-order valence-corrected chi connectivity index (χ3v) is 3.40. The second kappa shape index (κ2) is 7.15. The maximum absolute atomic E-state index is 12.1. The molecular weight excluding hydrogens is 329 g/mol. The Kier molecular flexibility index (Phi) is 5.25. The lowest BCUT2D eigenvalue weighted by Crippen LogP contribution is -2.44. The van der Waals surface area contributed by atoms with Gasteiger partial charge in [-0.1, -0.05) is 41.4 Å². The molecule has 5 nitrogen and oxygen atoms in total. The molecule has 0 saturated heterocycles.